The minimum Gasteiger partial charge on any atom is -0.397 e. The molecule has 3 aromatic heterocycles. The number of halogens is 1. The van der Waals surface area contributed by atoms with Crippen molar-refractivity contribution >= 4 is 40.0 Å². The van der Waals surface area contributed by atoms with Gasteiger partial charge in [0.15, 0.2) is 0 Å². The molecular formula is C33H47FN12O. The van der Waals surface area contributed by atoms with Gasteiger partial charge in [-0.15, -0.1) is 0 Å². The average molecular weight is 647 g/mol. The zero-order valence-electron chi connectivity index (χ0n) is 27.7. The molecule has 0 aliphatic carbocycles. The van der Waals surface area contributed by atoms with Crippen LogP contribution in [-0.2, 0) is 18.1 Å². The van der Waals surface area contributed by atoms with Crippen LogP contribution in [0.4, 0.5) is 27.7 Å². The number of carbonyl (C=O) groups excluding carboxylic acids is 1. The SMILES string of the molecule is C.CNc1ccc(-c2nn(C(C)(C)C)c(N)c2C#N)cc1N.Cc1nc2cc(-c3nn(C(C)(C)C)c(N)c3C(N)=O)ccc2n1C.F. The second-order valence-corrected chi connectivity index (χ2v) is 12.8. The van der Waals surface area contributed by atoms with Gasteiger partial charge in [0.25, 0.3) is 5.91 Å². The number of nitrogen functional groups attached to an aromatic ring is 3. The summed E-state index contributed by atoms with van der Waals surface area (Å²) in [6, 6.07) is 13.4. The smallest absolute Gasteiger partial charge is 0.254 e. The normalized spacial score (nSPS) is 11.1. The summed E-state index contributed by atoms with van der Waals surface area (Å²) < 4.78 is 5.32. The summed E-state index contributed by atoms with van der Waals surface area (Å²) in [6.45, 7) is 13.8. The summed E-state index contributed by atoms with van der Waals surface area (Å²) in [4.78, 5) is 16.5. The first-order chi connectivity index (χ1) is 20.9. The van der Waals surface area contributed by atoms with Gasteiger partial charge in [0, 0.05) is 25.2 Å². The Bertz CT molecular complexity index is 1960. The number of rotatable bonds is 4. The molecule has 0 radical (unpaired) electrons. The second-order valence-electron chi connectivity index (χ2n) is 12.8. The molecule has 0 saturated carbocycles. The predicted molar refractivity (Wildman–Crippen MR) is 190 cm³/mol. The molecule has 5 aromatic rings. The number of primary amides is 1. The zero-order chi connectivity index (χ0) is 33.6. The maximum atomic E-state index is 11.9. The molecule has 0 saturated heterocycles. The van der Waals surface area contributed by atoms with Crippen LogP contribution in [0.15, 0.2) is 36.4 Å². The van der Waals surface area contributed by atoms with E-state index in [1.54, 1.807) is 22.5 Å². The molecule has 252 valence electrons. The van der Waals surface area contributed by atoms with Crippen LogP contribution in [0, 0.1) is 18.3 Å². The van der Waals surface area contributed by atoms with Crippen LogP contribution < -0.4 is 28.3 Å². The number of aryl methyl sites for hydroxylation is 2. The van der Waals surface area contributed by atoms with E-state index in [2.05, 4.69) is 26.6 Å². The molecular weight excluding hydrogens is 599 g/mol. The molecule has 14 heteroatoms. The average Bonchev–Trinajstić information content (AvgIpc) is 3.58. The lowest BCUT2D eigenvalue weighted by molar-refractivity contribution is 0.100. The highest BCUT2D eigenvalue weighted by molar-refractivity contribution is 6.04. The first-order valence-corrected chi connectivity index (χ1v) is 14.4. The van der Waals surface area contributed by atoms with Gasteiger partial charge in [-0.05, 0) is 72.7 Å². The van der Waals surface area contributed by atoms with E-state index in [4.69, 9.17) is 22.9 Å². The van der Waals surface area contributed by atoms with Crippen LogP contribution in [0.2, 0.25) is 0 Å². The molecule has 2 aromatic carbocycles. The Balaban J connectivity index is 0.000000316. The van der Waals surface area contributed by atoms with Crippen LogP contribution in [0.5, 0.6) is 0 Å². The number of nitriles is 1. The van der Waals surface area contributed by atoms with Crippen molar-refractivity contribution in [2.24, 2.45) is 12.8 Å². The zero-order valence-corrected chi connectivity index (χ0v) is 27.7. The van der Waals surface area contributed by atoms with Gasteiger partial charge in [-0.25, -0.2) is 14.3 Å². The number of nitrogens with one attached hydrogen (secondary N) is 1. The van der Waals surface area contributed by atoms with Gasteiger partial charge in [0.05, 0.1) is 33.5 Å². The van der Waals surface area contributed by atoms with E-state index in [1.165, 1.54) is 0 Å². The number of aromatic nitrogens is 6. The summed E-state index contributed by atoms with van der Waals surface area (Å²) in [5.41, 5.74) is 29.6. The van der Waals surface area contributed by atoms with E-state index in [1.807, 2.05) is 90.4 Å². The Kier molecular flexibility index (Phi) is 10.7. The fraction of sp³-hybridized carbons (Fsp3) is 0.364. The van der Waals surface area contributed by atoms with E-state index in [0.29, 0.717) is 28.5 Å². The second kappa shape index (κ2) is 13.4. The van der Waals surface area contributed by atoms with Crippen molar-refractivity contribution in [1.82, 2.24) is 29.1 Å². The first-order valence-electron chi connectivity index (χ1n) is 14.4. The highest BCUT2D eigenvalue weighted by Crippen LogP contribution is 2.34. The molecule has 1 amide bonds. The predicted octanol–water partition coefficient (Wildman–Crippen LogP) is 5.35. The van der Waals surface area contributed by atoms with Gasteiger partial charge >= 0.3 is 0 Å². The number of benzene rings is 2. The number of hydrogen-bond acceptors (Lipinski definition) is 9. The summed E-state index contributed by atoms with van der Waals surface area (Å²) in [6.07, 6.45) is 0. The Hall–Kier alpha value is -5.58. The van der Waals surface area contributed by atoms with Crippen LogP contribution >= 0.6 is 0 Å². The van der Waals surface area contributed by atoms with Crippen molar-refractivity contribution in [1.29, 1.82) is 5.26 Å². The van der Waals surface area contributed by atoms with E-state index < -0.39 is 5.91 Å². The number of fused-ring (bicyclic) bond motifs is 1. The molecule has 3 heterocycles. The quantitative estimate of drug-likeness (QED) is 0.159. The van der Waals surface area contributed by atoms with Gasteiger partial charge in [-0.3, -0.25) is 9.50 Å². The third-order valence-corrected chi connectivity index (χ3v) is 7.44. The third kappa shape index (κ3) is 6.99. The molecule has 9 N–H and O–H groups in total. The van der Waals surface area contributed by atoms with Crippen molar-refractivity contribution in [3.63, 3.8) is 0 Å². The molecule has 0 spiro atoms. The summed E-state index contributed by atoms with van der Waals surface area (Å²) in [7, 11) is 3.77. The monoisotopic (exact) mass is 646 g/mol. The van der Waals surface area contributed by atoms with Crippen molar-refractivity contribution in [2.75, 3.05) is 29.6 Å². The number of amides is 1. The van der Waals surface area contributed by atoms with E-state index in [-0.39, 0.29) is 34.6 Å². The summed E-state index contributed by atoms with van der Waals surface area (Å²) >= 11 is 0. The molecule has 5 rings (SSSR count). The summed E-state index contributed by atoms with van der Waals surface area (Å²) in [5.74, 6) is 0.978. The number of nitrogens with zero attached hydrogens (tertiary/aromatic N) is 7. The van der Waals surface area contributed by atoms with Crippen LogP contribution in [0.1, 0.15) is 70.7 Å². The molecule has 0 unspecified atom stereocenters. The fourth-order valence-electron chi connectivity index (χ4n) is 5.05. The molecule has 0 atom stereocenters. The Morgan fingerprint density at radius 3 is 1.94 bits per heavy atom. The maximum Gasteiger partial charge on any atom is 0.254 e. The number of nitrogens with two attached hydrogens (primary N) is 4. The van der Waals surface area contributed by atoms with Gasteiger partial charge in [0.2, 0.25) is 0 Å². The molecule has 0 bridgehead atoms. The largest absolute Gasteiger partial charge is 0.397 e. The third-order valence-electron chi connectivity index (χ3n) is 7.44. The van der Waals surface area contributed by atoms with E-state index in [0.717, 1.165) is 33.7 Å². The van der Waals surface area contributed by atoms with E-state index in [9.17, 15) is 10.1 Å². The highest BCUT2D eigenvalue weighted by Gasteiger charge is 2.27. The number of carbonyl (C=O) groups is 1. The molecule has 0 aliphatic heterocycles. The fourth-order valence-corrected chi connectivity index (χ4v) is 5.05. The number of anilines is 4. The molecule has 13 nitrogen and oxygen atoms in total. The standard InChI is InChI=1S/C17H22N6O.C15H20N6.CH4.FH/c1-9-20-11-8-10(6-7-12(11)22(9)5)14-13(16(19)24)15(18)23(21-14)17(2,3)4;1-15(2,3)21-14(18)10(8-16)13(20-21)9-5-6-12(19-4)11(17)7-9;;/h6-8H,18H2,1-5H3,(H2,19,24);5-7,19H,17-18H2,1-4H3;1H4;1H. The topological polar surface area (TPSA) is 210 Å². The van der Waals surface area contributed by atoms with E-state index >= 15 is 0 Å². The molecule has 0 fully saturated rings. The van der Waals surface area contributed by atoms with Gasteiger partial charge in [-0.2, -0.15) is 15.5 Å². The van der Waals surface area contributed by atoms with Crippen molar-refractivity contribution in [2.45, 2.75) is 67.0 Å². The number of imidazole rings is 1. The lowest BCUT2D eigenvalue weighted by atomic mass is 10.1. The van der Waals surface area contributed by atoms with Crippen LogP contribution in [0.25, 0.3) is 33.5 Å². The number of hydrogen-bond donors (Lipinski definition) is 5. The minimum atomic E-state index is -0.588. The maximum absolute atomic E-state index is 11.9. The highest BCUT2D eigenvalue weighted by atomic mass is 19.0. The Morgan fingerprint density at radius 2 is 1.43 bits per heavy atom. The van der Waals surface area contributed by atoms with Crippen molar-refractivity contribution in [3.05, 3.63) is 53.3 Å². The summed E-state index contributed by atoms with van der Waals surface area (Å²) in [5, 5.41) is 21.5. The lowest BCUT2D eigenvalue weighted by Gasteiger charge is -2.20. The Morgan fingerprint density at radius 1 is 0.894 bits per heavy atom. The molecule has 0 aliphatic rings. The first kappa shape index (κ1) is 37.6. The Labute approximate surface area is 274 Å². The lowest BCUT2D eigenvalue weighted by Crippen LogP contribution is -2.25. The molecule has 47 heavy (non-hydrogen) atoms. The van der Waals surface area contributed by atoms with Crippen molar-refractivity contribution in [3.8, 4) is 28.6 Å². The van der Waals surface area contributed by atoms with Gasteiger partial charge in [0.1, 0.15) is 46.0 Å². The van der Waals surface area contributed by atoms with Crippen LogP contribution in [-0.4, -0.2) is 42.1 Å². The minimum absolute atomic E-state index is 0. The van der Waals surface area contributed by atoms with Gasteiger partial charge < -0.3 is 32.8 Å². The van der Waals surface area contributed by atoms with Crippen molar-refractivity contribution < 1.29 is 9.50 Å². The van der Waals surface area contributed by atoms with Gasteiger partial charge in [-0.1, -0.05) is 19.6 Å². The van der Waals surface area contributed by atoms with Crippen LogP contribution in [0.3, 0.4) is 0 Å².